The van der Waals surface area contributed by atoms with Crippen LogP contribution in [0.25, 0.3) is 10.1 Å². The number of nitriles is 1. The summed E-state index contributed by atoms with van der Waals surface area (Å²) in [4.78, 5) is 0. The van der Waals surface area contributed by atoms with Crippen LogP contribution in [-0.4, -0.2) is 0 Å². The van der Waals surface area contributed by atoms with Crippen molar-refractivity contribution in [3.05, 3.63) is 34.5 Å². The maximum atomic E-state index is 13.0. The van der Waals surface area contributed by atoms with Crippen LogP contribution in [-0.2, 0) is 6.42 Å². The fraction of sp³-hybridized carbons (Fsp3) is 0.182. The first-order chi connectivity index (χ1) is 6.72. The third-order valence-electron chi connectivity index (χ3n) is 2.32. The molecule has 0 bridgehead atoms. The van der Waals surface area contributed by atoms with E-state index in [9.17, 15) is 4.39 Å². The van der Waals surface area contributed by atoms with Gasteiger partial charge in [0.1, 0.15) is 0 Å². The summed E-state index contributed by atoms with van der Waals surface area (Å²) in [5.41, 5.74) is 2.00. The lowest BCUT2D eigenvalue weighted by molar-refractivity contribution is 0.658. The summed E-state index contributed by atoms with van der Waals surface area (Å²) in [7, 11) is 0. The molecule has 0 N–H and O–H groups in total. The molecule has 0 atom stereocenters. The van der Waals surface area contributed by atoms with Crippen molar-refractivity contribution >= 4 is 21.4 Å². The molecule has 0 unspecified atom stereocenters. The number of aryl methyl sites for hydroxylation is 1. The van der Waals surface area contributed by atoms with Gasteiger partial charge in [-0.3, -0.25) is 0 Å². The molecular formula is C11H8FNS. The smallest absolute Gasteiger partial charge is 0.177 e. The number of fused-ring (bicyclic) bond motifs is 1. The first kappa shape index (κ1) is 9.17. The average molecular weight is 205 g/mol. The van der Waals surface area contributed by atoms with Gasteiger partial charge in [-0.25, -0.2) is 0 Å². The standard InChI is InChI=1S/C11H8FNS/c1-7-8(4-5-13)2-3-10-9(7)6-11(12)14-10/h2-3,6H,4H2,1H3. The van der Waals surface area contributed by atoms with Crippen LogP contribution in [0.5, 0.6) is 0 Å². The van der Waals surface area contributed by atoms with E-state index < -0.39 is 0 Å². The van der Waals surface area contributed by atoms with Gasteiger partial charge >= 0.3 is 0 Å². The zero-order valence-corrected chi connectivity index (χ0v) is 8.49. The van der Waals surface area contributed by atoms with Crippen molar-refractivity contribution in [3.8, 4) is 6.07 Å². The highest BCUT2D eigenvalue weighted by Gasteiger charge is 2.06. The van der Waals surface area contributed by atoms with Crippen molar-refractivity contribution in [1.82, 2.24) is 0 Å². The summed E-state index contributed by atoms with van der Waals surface area (Å²) in [6, 6.07) is 7.42. The summed E-state index contributed by atoms with van der Waals surface area (Å²) < 4.78 is 13.9. The highest BCUT2D eigenvalue weighted by molar-refractivity contribution is 7.17. The topological polar surface area (TPSA) is 23.8 Å². The van der Waals surface area contributed by atoms with E-state index in [0.29, 0.717) is 6.42 Å². The Morgan fingerprint density at radius 3 is 3.00 bits per heavy atom. The largest absolute Gasteiger partial charge is 0.198 e. The van der Waals surface area contributed by atoms with Gasteiger partial charge in [0.15, 0.2) is 5.13 Å². The van der Waals surface area contributed by atoms with Gasteiger partial charge in [-0.2, -0.15) is 9.65 Å². The van der Waals surface area contributed by atoms with E-state index in [1.54, 1.807) is 0 Å². The molecule has 0 fully saturated rings. The first-order valence-electron chi connectivity index (χ1n) is 4.27. The van der Waals surface area contributed by atoms with Gasteiger partial charge in [-0.15, -0.1) is 11.3 Å². The molecule has 0 saturated heterocycles. The fourth-order valence-corrected chi connectivity index (χ4v) is 2.39. The van der Waals surface area contributed by atoms with Gasteiger partial charge in [0.25, 0.3) is 0 Å². The van der Waals surface area contributed by atoms with Crippen molar-refractivity contribution in [3.63, 3.8) is 0 Å². The van der Waals surface area contributed by atoms with E-state index in [-0.39, 0.29) is 5.13 Å². The van der Waals surface area contributed by atoms with Crippen LogP contribution >= 0.6 is 11.3 Å². The zero-order valence-electron chi connectivity index (χ0n) is 7.67. The Kier molecular flexibility index (Phi) is 2.22. The van der Waals surface area contributed by atoms with Crippen molar-refractivity contribution in [2.75, 3.05) is 0 Å². The van der Waals surface area contributed by atoms with Gasteiger partial charge in [0.2, 0.25) is 0 Å². The van der Waals surface area contributed by atoms with Crippen LogP contribution in [0.2, 0.25) is 0 Å². The molecule has 14 heavy (non-hydrogen) atoms. The number of hydrogen-bond acceptors (Lipinski definition) is 2. The van der Waals surface area contributed by atoms with E-state index >= 15 is 0 Å². The Morgan fingerprint density at radius 1 is 1.50 bits per heavy atom. The highest BCUT2D eigenvalue weighted by atomic mass is 32.1. The second kappa shape index (κ2) is 3.39. The summed E-state index contributed by atoms with van der Waals surface area (Å²) in [5.74, 6) is 0. The Labute approximate surface area is 85.4 Å². The van der Waals surface area contributed by atoms with Gasteiger partial charge in [-0.1, -0.05) is 6.07 Å². The zero-order chi connectivity index (χ0) is 10.1. The maximum Gasteiger partial charge on any atom is 0.177 e. The van der Waals surface area contributed by atoms with Crippen molar-refractivity contribution in [2.45, 2.75) is 13.3 Å². The Bertz CT molecular complexity index is 522. The summed E-state index contributed by atoms with van der Waals surface area (Å²) in [6.07, 6.45) is 0.388. The minimum atomic E-state index is -0.169. The highest BCUT2D eigenvalue weighted by Crippen LogP contribution is 2.29. The van der Waals surface area contributed by atoms with E-state index in [2.05, 4.69) is 6.07 Å². The maximum absolute atomic E-state index is 13.0. The van der Waals surface area contributed by atoms with Gasteiger partial charge in [-0.05, 0) is 35.6 Å². The van der Waals surface area contributed by atoms with Crippen LogP contribution in [0, 0.1) is 23.4 Å². The number of hydrogen-bond donors (Lipinski definition) is 0. The average Bonchev–Trinajstić information content (AvgIpc) is 2.52. The summed E-state index contributed by atoms with van der Waals surface area (Å²) in [5, 5.41) is 9.36. The monoisotopic (exact) mass is 205 g/mol. The predicted molar refractivity (Wildman–Crippen MR) is 55.8 cm³/mol. The Balaban J connectivity index is 2.69. The molecule has 0 amide bonds. The van der Waals surface area contributed by atoms with E-state index in [1.807, 2.05) is 19.1 Å². The molecule has 1 nitrogen and oxygen atoms in total. The van der Waals surface area contributed by atoms with E-state index in [1.165, 1.54) is 6.07 Å². The second-order valence-electron chi connectivity index (χ2n) is 3.15. The fourth-order valence-electron chi connectivity index (χ4n) is 1.54. The third kappa shape index (κ3) is 1.38. The second-order valence-corrected chi connectivity index (χ2v) is 4.18. The van der Waals surface area contributed by atoms with Crippen LogP contribution in [0.3, 0.4) is 0 Å². The summed E-state index contributed by atoms with van der Waals surface area (Å²) in [6.45, 7) is 1.93. The number of benzene rings is 1. The van der Waals surface area contributed by atoms with Gasteiger partial charge < -0.3 is 0 Å². The molecule has 3 heteroatoms. The molecule has 1 heterocycles. The van der Waals surface area contributed by atoms with Crippen molar-refractivity contribution < 1.29 is 4.39 Å². The lowest BCUT2D eigenvalue weighted by Crippen LogP contribution is -1.86. The molecular weight excluding hydrogens is 197 g/mol. The first-order valence-corrected chi connectivity index (χ1v) is 5.08. The predicted octanol–water partition coefficient (Wildman–Crippen LogP) is 3.41. The van der Waals surface area contributed by atoms with Gasteiger partial charge in [0, 0.05) is 4.70 Å². The lowest BCUT2D eigenvalue weighted by atomic mass is 10.0. The number of thiophene rings is 1. The number of nitrogens with zero attached hydrogens (tertiary/aromatic N) is 1. The molecule has 70 valence electrons. The SMILES string of the molecule is Cc1c(CC#N)ccc2sc(F)cc12. The van der Waals surface area contributed by atoms with Crippen molar-refractivity contribution in [2.24, 2.45) is 0 Å². The van der Waals surface area contributed by atoms with Crippen LogP contribution < -0.4 is 0 Å². The lowest BCUT2D eigenvalue weighted by Gasteiger charge is -2.01. The minimum absolute atomic E-state index is 0.169. The van der Waals surface area contributed by atoms with Crippen LogP contribution in [0.1, 0.15) is 11.1 Å². The van der Waals surface area contributed by atoms with Crippen LogP contribution in [0.4, 0.5) is 4.39 Å². The minimum Gasteiger partial charge on any atom is -0.198 e. The molecule has 1 aromatic heterocycles. The number of rotatable bonds is 1. The molecule has 0 aliphatic heterocycles. The Hall–Kier alpha value is -1.40. The molecule has 2 aromatic rings. The Morgan fingerprint density at radius 2 is 2.29 bits per heavy atom. The molecule has 2 rings (SSSR count). The van der Waals surface area contributed by atoms with Crippen molar-refractivity contribution in [1.29, 1.82) is 5.26 Å². The molecule has 0 aliphatic carbocycles. The van der Waals surface area contributed by atoms with Gasteiger partial charge in [0.05, 0.1) is 12.5 Å². The number of halogens is 1. The third-order valence-corrected chi connectivity index (χ3v) is 3.21. The molecule has 0 aliphatic rings. The molecule has 0 radical (unpaired) electrons. The van der Waals surface area contributed by atoms with E-state index in [4.69, 9.17) is 5.26 Å². The normalized spacial score (nSPS) is 10.4. The molecule has 0 saturated carbocycles. The van der Waals surface area contributed by atoms with E-state index in [0.717, 1.165) is 32.5 Å². The molecule has 0 spiro atoms. The summed E-state index contributed by atoms with van der Waals surface area (Å²) >= 11 is 1.14. The van der Waals surface area contributed by atoms with Crippen LogP contribution in [0.15, 0.2) is 18.2 Å². The molecule has 1 aromatic carbocycles. The quantitative estimate of drug-likeness (QED) is 0.699.